The molecule has 14 heavy (non-hydrogen) atoms. The second-order valence-corrected chi connectivity index (χ2v) is 3.89. The first-order valence-electron chi connectivity index (χ1n) is 4.15. The maximum Gasteiger partial charge on any atom is 0.248 e. The first kappa shape index (κ1) is 10.9. The van der Waals surface area contributed by atoms with Crippen LogP contribution in [0.4, 0.5) is 5.69 Å². The number of amides is 1. The van der Waals surface area contributed by atoms with E-state index in [0.717, 1.165) is 10.2 Å². The Morgan fingerprint density at radius 1 is 1.50 bits per heavy atom. The highest BCUT2D eigenvalue weighted by Gasteiger charge is 1.98. The summed E-state index contributed by atoms with van der Waals surface area (Å²) in [4.78, 5) is 15.3. The van der Waals surface area contributed by atoms with E-state index in [-0.39, 0.29) is 5.91 Å². The van der Waals surface area contributed by atoms with Crippen molar-refractivity contribution in [3.63, 3.8) is 0 Å². The molecule has 0 radical (unpaired) electrons. The first-order chi connectivity index (χ1) is 6.58. The molecule has 1 N–H and O–H groups in total. The van der Waals surface area contributed by atoms with Crippen LogP contribution in [0.2, 0.25) is 0 Å². The van der Waals surface area contributed by atoms with Crippen LogP contribution in [0.25, 0.3) is 0 Å². The second-order valence-electron chi connectivity index (χ2n) is 3.08. The minimum atomic E-state index is -0.130. The Morgan fingerprint density at radius 3 is 2.71 bits per heavy atom. The predicted molar refractivity (Wildman–Crippen MR) is 60.0 cm³/mol. The van der Waals surface area contributed by atoms with E-state index in [9.17, 15) is 4.79 Å². The summed E-state index contributed by atoms with van der Waals surface area (Å²) < 4.78 is 0.748. The minimum absolute atomic E-state index is 0.130. The van der Waals surface area contributed by atoms with Gasteiger partial charge in [0.05, 0.1) is 11.9 Å². The molecule has 0 spiro atoms. The number of nitrogens with one attached hydrogen (secondary N) is 1. The van der Waals surface area contributed by atoms with Gasteiger partial charge in [-0.05, 0) is 41.9 Å². The lowest BCUT2D eigenvalue weighted by molar-refractivity contribution is -0.111. The average molecular weight is 255 g/mol. The predicted octanol–water partition coefficient (Wildman–Crippen LogP) is 2.75. The van der Waals surface area contributed by atoms with E-state index >= 15 is 0 Å². The molecule has 1 rings (SSSR count). The van der Waals surface area contributed by atoms with Crippen LogP contribution < -0.4 is 5.32 Å². The summed E-state index contributed by atoms with van der Waals surface area (Å²) in [5.74, 6) is -0.130. The zero-order valence-electron chi connectivity index (χ0n) is 8.04. The van der Waals surface area contributed by atoms with Crippen LogP contribution in [-0.4, -0.2) is 10.9 Å². The molecule has 1 amide bonds. The minimum Gasteiger partial charge on any atom is -0.321 e. The maximum atomic E-state index is 11.3. The Bertz CT molecular complexity index is 353. The van der Waals surface area contributed by atoms with Crippen LogP contribution in [0, 0.1) is 0 Å². The van der Waals surface area contributed by atoms with Gasteiger partial charge in [-0.1, -0.05) is 5.57 Å². The molecule has 0 aromatic carbocycles. The van der Waals surface area contributed by atoms with E-state index < -0.39 is 0 Å². The summed E-state index contributed by atoms with van der Waals surface area (Å²) in [6, 6.07) is 3.56. The van der Waals surface area contributed by atoms with Gasteiger partial charge in [0, 0.05) is 6.08 Å². The summed E-state index contributed by atoms with van der Waals surface area (Å²) in [6.45, 7) is 3.75. The van der Waals surface area contributed by atoms with E-state index in [1.165, 1.54) is 0 Å². The molecule has 0 aliphatic carbocycles. The molecule has 0 saturated carbocycles. The normalized spacial score (nSPS) is 9.36. The smallest absolute Gasteiger partial charge is 0.248 e. The van der Waals surface area contributed by atoms with Gasteiger partial charge in [-0.15, -0.1) is 0 Å². The number of carbonyl (C=O) groups is 1. The zero-order valence-corrected chi connectivity index (χ0v) is 9.63. The largest absolute Gasteiger partial charge is 0.321 e. The fourth-order valence-corrected chi connectivity index (χ4v) is 1.12. The van der Waals surface area contributed by atoms with Crippen LogP contribution in [0.15, 0.2) is 34.6 Å². The van der Waals surface area contributed by atoms with Gasteiger partial charge in [-0.2, -0.15) is 0 Å². The Kier molecular flexibility index (Phi) is 3.83. The Hall–Kier alpha value is -1.16. The van der Waals surface area contributed by atoms with E-state index in [2.05, 4.69) is 26.2 Å². The molecule has 4 heteroatoms. The molecule has 1 aromatic rings. The van der Waals surface area contributed by atoms with Crippen molar-refractivity contribution in [3.8, 4) is 0 Å². The maximum absolute atomic E-state index is 11.3. The SMILES string of the molecule is CC(C)=CC(=O)Nc1ccc(Br)nc1. The van der Waals surface area contributed by atoms with Crippen LogP contribution in [0.5, 0.6) is 0 Å². The van der Waals surface area contributed by atoms with Crippen LogP contribution in [0.1, 0.15) is 13.8 Å². The van der Waals surface area contributed by atoms with Crippen molar-refractivity contribution in [2.45, 2.75) is 13.8 Å². The number of nitrogens with zero attached hydrogens (tertiary/aromatic N) is 1. The molecule has 0 atom stereocenters. The first-order valence-corrected chi connectivity index (χ1v) is 4.94. The third-order valence-electron chi connectivity index (χ3n) is 1.41. The van der Waals surface area contributed by atoms with Gasteiger partial charge in [-0.3, -0.25) is 4.79 Å². The molecule has 1 heterocycles. The van der Waals surface area contributed by atoms with Gasteiger partial charge in [0.1, 0.15) is 4.60 Å². The highest BCUT2D eigenvalue weighted by Crippen LogP contribution is 2.10. The number of carbonyl (C=O) groups excluding carboxylic acids is 1. The number of allylic oxidation sites excluding steroid dienone is 1. The number of hydrogen-bond donors (Lipinski definition) is 1. The summed E-state index contributed by atoms with van der Waals surface area (Å²) in [5, 5.41) is 2.70. The fraction of sp³-hybridized carbons (Fsp3) is 0.200. The molecule has 0 aliphatic heterocycles. The highest BCUT2D eigenvalue weighted by molar-refractivity contribution is 9.10. The summed E-state index contributed by atoms with van der Waals surface area (Å²) in [7, 11) is 0. The Labute approximate surface area is 91.4 Å². The fourth-order valence-electron chi connectivity index (χ4n) is 0.890. The molecule has 3 nitrogen and oxygen atoms in total. The molecular formula is C10H11BrN2O. The van der Waals surface area contributed by atoms with Crippen molar-refractivity contribution < 1.29 is 4.79 Å². The van der Waals surface area contributed by atoms with Crippen molar-refractivity contribution >= 4 is 27.5 Å². The third-order valence-corrected chi connectivity index (χ3v) is 1.88. The van der Waals surface area contributed by atoms with Crippen molar-refractivity contribution in [2.75, 3.05) is 5.32 Å². The van der Waals surface area contributed by atoms with Gasteiger partial charge in [0.15, 0.2) is 0 Å². The number of hydrogen-bond acceptors (Lipinski definition) is 2. The van der Waals surface area contributed by atoms with E-state index in [1.54, 1.807) is 24.4 Å². The third kappa shape index (κ3) is 3.70. The molecule has 74 valence electrons. The van der Waals surface area contributed by atoms with Gasteiger partial charge < -0.3 is 5.32 Å². The lowest BCUT2D eigenvalue weighted by Crippen LogP contribution is -2.08. The van der Waals surface area contributed by atoms with Gasteiger partial charge in [-0.25, -0.2) is 4.98 Å². The van der Waals surface area contributed by atoms with Crippen LogP contribution in [-0.2, 0) is 4.79 Å². The number of anilines is 1. The van der Waals surface area contributed by atoms with E-state index in [0.29, 0.717) is 5.69 Å². The number of pyridine rings is 1. The van der Waals surface area contributed by atoms with Crippen molar-refractivity contribution in [1.29, 1.82) is 0 Å². The monoisotopic (exact) mass is 254 g/mol. The summed E-state index contributed by atoms with van der Waals surface area (Å²) >= 11 is 3.22. The van der Waals surface area contributed by atoms with Crippen molar-refractivity contribution in [3.05, 3.63) is 34.6 Å². The van der Waals surface area contributed by atoms with E-state index in [1.807, 2.05) is 13.8 Å². The lowest BCUT2D eigenvalue weighted by Gasteiger charge is -2.01. The average Bonchev–Trinajstić information content (AvgIpc) is 2.07. The van der Waals surface area contributed by atoms with E-state index in [4.69, 9.17) is 0 Å². The van der Waals surface area contributed by atoms with Gasteiger partial charge >= 0.3 is 0 Å². The number of halogens is 1. The van der Waals surface area contributed by atoms with Gasteiger partial charge in [0.2, 0.25) is 5.91 Å². The molecule has 0 unspecified atom stereocenters. The second kappa shape index (κ2) is 4.91. The molecule has 1 aromatic heterocycles. The molecule has 0 bridgehead atoms. The number of rotatable bonds is 2. The number of aromatic nitrogens is 1. The topological polar surface area (TPSA) is 42.0 Å². The van der Waals surface area contributed by atoms with Gasteiger partial charge in [0.25, 0.3) is 0 Å². The molecule has 0 saturated heterocycles. The van der Waals surface area contributed by atoms with Crippen LogP contribution >= 0.6 is 15.9 Å². The lowest BCUT2D eigenvalue weighted by atomic mass is 10.3. The molecule has 0 fully saturated rings. The Balaban J connectivity index is 2.66. The summed E-state index contributed by atoms with van der Waals surface area (Å²) in [6.07, 6.45) is 3.14. The molecule has 0 aliphatic rings. The highest BCUT2D eigenvalue weighted by atomic mass is 79.9. The zero-order chi connectivity index (χ0) is 10.6. The molecular weight excluding hydrogens is 244 g/mol. The Morgan fingerprint density at radius 2 is 2.21 bits per heavy atom. The van der Waals surface area contributed by atoms with Crippen molar-refractivity contribution in [1.82, 2.24) is 4.98 Å². The summed E-state index contributed by atoms with van der Waals surface area (Å²) in [5.41, 5.74) is 1.66. The van der Waals surface area contributed by atoms with Crippen molar-refractivity contribution in [2.24, 2.45) is 0 Å². The van der Waals surface area contributed by atoms with Crippen LogP contribution in [0.3, 0.4) is 0 Å². The quantitative estimate of drug-likeness (QED) is 0.652. The standard InChI is InChI=1S/C10H11BrN2O/c1-7(2)5-10(14)13-8-3-4-9(11)12-6-8/h3-6H,1-2H3,(H,13,14).